The van der Waals surface area contributed by atoms with Gasteiger partial charge in [-0.05, 0) is 0 Å². The Balaban J connectivity index is 2.14. The molecule has 8 heavy (non-hydrogen) atoms. The Bertz CT molecular complexity index is 80.5. The molecule has 3 heteroatoms. The molecule has 0 aromatic carbocycles. The van der Waals surface area contributed by atoms with Crippen molar-refractivity contribution in [1.82, 2.24) is 4.90 Å². The number of rotatable bonds is 2. The number of hydrogen-bond acceptors (Lipinski definition) is 2. The van der Waals surface area contributed by atoms with Gasteiger partial charge in [-0.25, -0.2) is 0 Å². The Morgan fingerprint density at radius 2 is 2.00 bits per heavy atom. The first kappa shape index (κ1) is 5.95. The molecule has 0 saturated carbocycles. The van der Waals surface area contributed by atoms with Gasteiger partial charge in [0.1, 0.15) is 0 Å². The third-order valence-corrected chi connectivity index (χ3v) is 1.53. The molecule has 0 bridgehead atoms. The Kier molecular flexibility index (Phi) is 2.21. The average Bonchev–Trinajstić information content (AvgIpc) is 2.19. The van der Waals surface area contributed by atoms with Crippen LogP contribution in [0.3, 0.4) is 0 Å². The summed E-state index contributed by atoms with van der Waals surface area (Å²) in [6.07, 6.45) is 3.18. The maximum absolute atomic E-state index is 9.92. The van der Waals surface area contributed by atoms with Crippen LogP contribution in [0.5, 0.6) is 0 Å². The van der Waals surface area contributed by atoms with E-state index in [1.165, 1.54) is 12.8 Å². The molecular weight excluding hydrogens is 101 g/mol. The van der Waals surface area contributed by atoms with Gasteiger partial charge in [-0.1, -0.05) is 0 Å². The van der Waals surface area contributed by atoms with Crippen LogP contribution < -0.4 is 0 Å². The SMILES string of the molecule is O=BCN1CCCC1. The second-order valence-electron chi connectivity index (χ2n) is 2.17. The molecule has 1 rings (SSSR count). The molecule has 1 heterocycles. The van der Waals surface area contributed by atoms with Gasteiger partial charge in [0.15, 0.2) is 0 Å². The molecule has 44 valence electrons. The van der Waals surface area contributed by atoms with Gasteiger partial charge in [0.05, 0.1) is 0 Å². The molecule has 1 aliphatic rings. The monoisotopic (exact) mass is 111 g/mol. The van der Waals surface area contributed by atoms with Gasteiger partial charge >= 0.3 is 49.1 Å². The van der Waals surface area contributed by atoms with Crippen LogP contribution in [0.1, 0.15) is 12.8 Å². The van der Waals surface area contributed by atoms with E-state index in [0.717, 1.165) is 20.2 Å². The van der Waals surface area contributed by atoms with Crippen molar-refractivity contribution < 1.29 is 4.70 Å². The zero-order valence-electron chi connectivity index (χ0n) is 4.97. The van der Waals surface area contributed by atoms with E-state index in [4.69, 9.17) is 0 Å². The summed E-state index contributed by atoms with van der Waals surface area (Å²) in [6.45, 7) is 2.25. The first-order chi connectivity index (χ1) is 3.93. The van der Waals surface area contributed by atoms with E-state index in [1.807, 2.05) is 0 Å². The minimum absolute atomic E-state index is 0.639. The number of hydrogen-bond donors (Lipinski definition) is 0. The second-order valence-corrected chi connectivity index (χ2v) is 2.17. The molecule has 1 saturated heterocycles. The summed E-state index contributed by atoms with van der Waals surface area (Å²) in [5, 5.41) is 0. The summed E-state index contributed by atoms with van der Waals surface area (Å²) >= 11 is 0. The second kappa shape index (κ2) is 2.97. The summed E-state index contributed by atoms with van der Waals surface area (Å²) in [7, 11) is 0.978. The number of nitrogens with zero attached hydrogens (tertiary/aromatic N) is 1. The molecule has 0 unspecified atom stereocenters. The Morgan fingerprint density at radius 3 is 2.50 bits per heavy atom. The molecule has 1 aliphatic heterocycles. The van der Waals surface area contributed by atoms with Crippen molar-refractivity contribution in [3.8, 4) is 0 Å². The molecule has 0 aliphatic carbocycles. The summed E-state index contributed by atoms with van der Waals surface area (Å²) < 4.78 is 9.92. The standard InChI is InChI=1S/C5H10BNO/c8-6-5-7-3-1-2-4-7/h1-5H2. The van der Waals surface area contributed by atoms with E-state index >= 15 is 0 Å². The van der Waals surface area contributed by atoms with Gasteiger partial charge in [-0.15, -0.1) is 0 Å². The van der Waals surface area contributed by atoms with Crippen molar-refractivity contribution in [2.24, 2.45) is 0 Å². The third-order valence-electron chi connectivity index (χ3n) is 1.53. The van der Waals surface area contributed by atoms with Crippen LogP contribution in [-0.2, 0) is 4.70 Å². The van der Waals surface area contributed by atoms with Crippen LogP contribution in [-0.4, -0.2) is 31.6 Å². The first-order valence-electron chi connectivity index (χ1n) is 3.09. The molecule has 1 fully saturated rings. The molecule has 0 aromatic rings. The zero-order chi connectivity index (χ0) is 5.82. The van der Waals surface area contributed by atoms with Crippen LogP contribution in [0.2, 0.25) is 0 Å². The molecule has 0 radical (unpaired) electrons. The first-order valence-corrected chi connectivity index (χ1v) is 3.09. The molecule has 0 spiro atoms. The van der Waals surface area contributed by atoms with E-state index in [0.29, 0.717) is 6.44 Å². The topological polar surface area (TPSA) is 20.3 Å². The molecule has 0 N–H and O–H groups in total. The summed E-state index contributed by atoms with van der Waals surface area (Å²) in [5.41, 5.74) is 0. The van der Waals surface area contributed by atoms with Gasteiger partial charge in [-0.3, -0.25) is 0 Å². The van der Waals surface area contributed by atoms with Crippen LogP contribution >= 0.6 is 0 Å². The summed E-state index contributed by atoms with van der Waals surface area (Å²) in [6, 6.07) is 0. The van der Waals surface area contributed by atoms with E-state index in [9.17, 15) is 4.70 Å². The zero-order valence-corrected chi connectivity index (χ0v) is 4.97. The Labute approximate surface area is 50.1 Å². The van der Waals surface area contributed by atoms with Gasteiger partial charge < -0.3 is 0 Å². The normalized spacial score (nSPS) is 21.0. The van der Waals surface area contributed by atoms with Crippen molar-refractivity contribution >= 4 is 7.15 Å². The van der Waals surface area contributed by atoms with Crippen molar-refractivity contribution in [1.29, 1.82) is 0 Å². The fourth-order valence-electron chi connectivity index (χ4n) is 1.07. The summed E-state index contributed by atoms with van der Waals surface area (Å²) in [4.78, 5) is 2.17. The summed E-state index contributed by atoms with van der Waals surface area (Å²) in [5.74, 6) is 0. The average molecular weight is 111 g/mol. The molecule has 0 aromatic heterocycles. The van der Waals surface area contributed by atoms with Crippen molar-refractivity contribution in [3.05, 3.63) is 0 Å². The van der Waals surface area contributed by atoms with Crippen LogP contribution in [0, 0.1) is 0 Å². The van der Waals surface area contributed by atoms with Gasteiger partial charge in [0.2, 0.25) is 0 Å². The third kappa shape index (κ3) is 1.40. The quantitative estimate of drug-likeness (QED) is 0.470. The molecule has 0 atom stereocenters. The van der Waals surface area contributed by atoms with E-state index in [-0.39, 0.29) is 0 Å². The van der Waals surface area contributed by atoms with Gasteiger partial charge in [0.25, 0.3) is 0 Å². The van der Waals surface area contributed by atoms with Crippen molar-refractivity contribution in [2.45, 2.75) is 12.8 Å². The van der Waals surface area contributed by atoms with Crippen molar-refractivity contribution in [3.63, 3.8) is 0 Å². The number of likely N-dealkylation sites (tertiary alicyclic amines) is 1. The predicted octanol–water partition coefficient (Wildman–Crippen LogP) is 0.0894. The Hall–Kier alpha value is -0.175. The predicted molar refractivity (Wildman–Crippen MR) is 32.1 cm³/mol. The van der Waals surface area contributed by atoms with Crippen LogP contribution in [0.4, 0.5) is 0 Å². The molecular formula is C5H10BNO. The van der Waals surface area contributed by atoms with E-state index in [1.54, 1.807) is 0 Å². The van der Waals surface area contributed by atoms with Gasteiger partial charge in [-0.2, -0.15) is 0 Å². The van der Waals surface area contributed by atoms with Gasteiger partial charge in [0, 0.05) is 0 Å². The fourth-order valence-corrected chi connectivity index (χ4v) is 1.07. The fraction of sp³-hybridized carbons (Fsp3) is 1.00. The van der Waals surface area contributed by atoms with Crippen LogP contribution in [0.15, 0.2) is 0 Å². The van der Waals surface area contributed by atoms with Crippen molar-refractivity contribution in [2.75, 3.05) is 19.5 Å². The molecule has 2 nitrogen and oxygen atoms in total. The van der Waals surface area contributed by atoms with E-state index in [2.05, 4.69) is 4.90 Å². The van der Waals surface area contributed by atoms with Crippen LogP contribution in [0.25, 0.3) is 0 Å². The Morgan fingerprint density at radius 1 is 1.38 bits per heavy atom. The molecule has 0 amide bonds. The maximum atomic E-state index is 9.92. The minimum atomic E-state index is 0.639. The van der Waals surface area contributed by atoms with E-state index < -0.39 is 0 Å².